The number of rotatable bonds is 5. The fraction of sp³-hybridized carbons (Fsp3) is 0.500. The molecule has 1 aromatic carbocycles. The van der Waals surface area contributed by atoms with Gasteiger partial charge in [0, 0.05) is 38.2 Å². The number of methoxy groups -OCH3 is 1. The zero-order valence-corrected chi connectivity index (χ0v) is 13.9. The smallest absolute Gasteiger partial charge is 0.231 e. The summed E-state index contributed by atoms with van der Waals surface area (Å²) in [4.78, 5) is 6.51. The van der Waals surface area contributed by atoms with Gasteiger partial charge in [-0.25, -0.2) is 4.39 Å². The molecule has 0 aliphatic carbocycles. The second-order valence-corrected chi connectivity index (χ2v) is 6.32. The molecule has 1 aromatic heterocycles. The van der Waals surface area contributed by atoms with Gasteiger partial charge in [-0.1, -0.05) is 28.9 Å². The largest absolute Gasteiger partial charge is 0.384 e. The molecule has 1 aliphatic heterocycles. The highest BCUT2D eigenvalue weighted by Gasteiger charge is 2.37. The summed E-state index contributed by atoms with van der Waals surface area (Å²) >= 11 is 5.86. The Morgan fingerprint density at radius 1 is 1.43 bits per heavy atom. The van der Waals surface area contributed by atoms with Crippen molar-refractivity contribution < 1.29 is 13.7 Å². The van der Waals surface area contributed by atoms with Crippen molar-refractivity contribution >= 4 is 11.6 Å². The molecule has 2 aromatic rings. The van der Waals surface area contributed by atoms with Gasteiger partial charge < -0.3 is 9.26 Å². The summed E-state index contributed by atoms with van der Waals surface area (Å²) in [6.07, 6.45) is 0. The van der Waals surface area contributed by atoms with E-state index in [1.807, 2.05) is 0 Å². The van der Waals surface area contributed by atoms with E-state index < -0.39 is 0 Å². The normalized spacial score (nSPS) is 21.9. The monoisotopic (exact) mass is 339 g/mol. The van der Waals surface area contributed by atoms with Crippen LogP contribution in [0.15, 0.2) is 22.7 Å². The van der Waals surface area contributed by atoms with Gasteiger partial charge in [0.25, 0.3) is 0 Å². The van der Waals surface area contributed by atoms with Crippen LogP contribution in [0.4, 0.5) is 4.39 Å². The van der Waals surface area contributed by atoms with Crippen LogP contribution in [0, 0.1) is 18.7 Å². The highest BCUT2D eigenvalue weighted by Crippen LogP contribution is 2.33. The van der Waals surface area contributed by atoms with Crippen molar-refractivity contribution in [1.29, 1.82) is 0 Å². The third-order valence-electron chi connectivity index (χ3n) is 4.18. The average molecular weight is 340 g/mol. The molecule has 0 radical (unpaired) electrons. The van der Waals surface area contributed by atoms with E-state index in [4.69, 9.17) is 20.9 Å². The molecular weight excluding hydrogens is 321 g/mol. The van der Waals surface area contributed by atoms with Crippen molar-refractivity contribution in [2.45, 2.75) is 19.4 Å². The lowest BCUT2D eigenvalue weighted by molar-refractivity contribution is 0.142. The minimum absolute atomic E-state index is 0.0957. The van der Waals surface area contributed by atoms with E-state index in [0.717, 1.165) is 13.1 Å². The molecule has 0 saturated carbocycles. The molecule has 0 N–H and O–H groups in total. The van der Waals surface area contributed by atoms with Crippen LogP contribution in [0.1, 0.15) is 23.2 Å². The molecule has 0 unspecified atom stereocenters. The second-order valence-electron chi connectivity index (χ2n) is 5.91. The summed E-state index contributed by atoms with van der Waals surface area (Å²) < 4.78 is 24.7. The van der Waals surface area contributed by atoms with E-state index in [9.17, 15) is 4.39 Å². The van der Waals surface area contributed by atoms with Crippen LogP contribution in [-0.4, -0.2) is 41.8 Å². The van der Waals surface area contributed by atoms with Gasteiger partial charge in [-0.05, 0) is 13.0 Å². The number of nitrogens with zero attached hydrogens (tertiary/aromatic N) is 3. The summed E-state index contributed by atoms with van der Waals surface area (Å²) in [6.45, 7) is 4.40. The van der Waals surface area contributed by atoms with Gasteiger partial charge in [-0.15, -0.1) is 0 Å². The fourth-order valence-corrected chi connectivity index (χ4v) is 3.32. The lowest BCUT2D eigenvalue weighted by Gasteiger charge is -2.16. The molecule has 5 nitrogen and oxygen atoms in total. The fourth-order valence-electron chi connectivity index (χ4n) is 3.13. The third-order valence-corrected chi connectivity index (χ3v) is 4.48. The molecular formula is C16H19ClFN3O2. The number of hydrogen-bond acceptors (Lipinski definition) is 5. The number of benzene rings is 1. The topological polar surface area (TPSA) is 51.4 Å². The molecule has 2 atom stereocenters. The van der Waals surface area contributed by atoms with E-state index >= 15 is 0 Å². The Bertz CT molecular complexity index is 679. The van der Waals surface area contributed by atoms with Gasteiger partial charge in [-0.3, -0.25) is 4.90 Å². The molecule has 0 bridgehead atoms. The molecule has 1 aliphatic rings. The lowest BCUT2D eigenvalue weighted by atomic mass is 9.97. The summed E-state index contributed by atoms with van der Waals surface area (Å²) in [5, 5.41) is 4.02. The Kier molecular flexibility index (Phi) is 4.94. The molecule has 1 fully saturated rings. The number of hydrogen-bond donors (Lipinski definition) is 0. The van der Waals surface area contributed by atoms with Crippen molar-refractivity contribution in [3.05, 3.63) is 46.3 Å². The van der Waals surface area contributed by atoms with Crippen molar-refractivity contribution in [3.8, 4) is 0 Å². The SMILES string of the molecule is COC[C@@H]1CN(Cc2cccc(Cl)c2F)C[C@H]1c1nc(C)no1. The van der Waals surface area contributed by atoms with Gasteiger partial charge in [0.05, 0.1) is 17.5 Å². The van der Waals surface area contributed by atoms with Crippen LogP contribution in [0.25, 0.3) is 0 Å². The maximum Gasteiger partial charge on any atom is 0.231 e. The molecule has 124 valence electrons. The Balaban J connectivity index is 1.76. The molecule has 0 spiro atoms. The van der Waals surface area contributed by atoms with Crippen molar-refractivity contribution in [3.63, 3.8) is 0 Å². The molecule has 3 rings (SSSR count). The van der Waals surface area contributed by atoms with Crippen LogP contribution in [0.2, 0.25) is 5.02 Å². The first-order valence-corrected chi connectivity index (χ1v) is 7.90. The standard InChI is InChI=1S/C16H19ClFN3O2/c1-10-19-16(23-20-10)13-8-21(7-12(13)9-22-2)6-11-4-3-5-14(17)15(11)18/h3-5,12-13H,6-9H2,1-2H3/t12-,13+/m0/s1. The van der Waals surface area contributed by atoms with Gasteiger partial charge >= 0.3 is 0 Å². The molecule has 23 heavy (non-hydrogen) atoms. The van der Waals surface area contributed by atoms with Gasteiger partial charge in [0.15, 0.2) is 5.82 Å². The predicted octanol–water partition coefficient (Wildman–Crippen LogP) is 3.03. The summed E-state index contributed by atoms with van der Waals surface area (Å²) in [5.41, 5.74) is 0.594. The van der Waals surface area contributed by atoms with Crippen LogP contribution in [-0.2, 0) is 11.3 Å². The van der Waals surface area contributed by atoms with Gasteiger partial charge in [0.2, 0.25) is 5.89 Å². The first-order chi connectivity index (χ1) is 11.1. The summed E-state index contributed by atoms with van der Waals surface area (Å²) in [7, 11) is 1.68. The van der Waals surface area contributed by atoms with Crippen LogP contribution < -0.4 is 0 Å². The lowest BCUT2D eigenvalue weighted by Crippen LogP contribution is -2.21. The highest BCUT2D eigenvalue weighted by atomic mass is 35.5. The summed E-state index contributed by atoms with van der Waals surface area (Å²) in [5.74, 6) is 1.23. The molecule has 1 saturated heterocycles. The first kappa shape index (κ1) is 16.4. The second kappa shape index (κ2) is 6.95. The number of halogens is 2. The Hall–Kier alpha value is -1.50. The van der Waals surface area contributed by atoms with Crippen LogP contribution >= 0.6 is 11.6 Å². The number of ether oxygens (including phenoxy) is 1. The predicted molar refractivity (Wildman–Crippen MR) is 83.8 cm³/mol. The van der Waals surface area contributed by atoms with E-state index in [2.05, 4.69) is 15.0 Å². The Morgan fingerprint density at radius 2 is 2.26 bits per heavy atom. The molecule has 2 heterocycles. The molecule has 7 heteroatoms. The minimum Gasteiger partial charge on any atom is -0.384 e. The molecule has 0 amide bonds. The Labute approximate surface area is 139 Å². The van der Waals surface area contributed by atoms with Crippen molar-refractivity contribution in [1.82, 2.24) is 15.0 Å². The van der Waals surface area contributed by atoms with Gasteiger partial charge in [0.1, 0.15) is 5.82 Å². The maximum absolute atomic E-state index is 14.1. The van der Waals surface area contributed by atoms with Crippen LogP contribution in [0.3, 0.4) is 0 Å². The highest BCUT2D eigenvalue weighted by molar-refractivity contribution is 6.30. The van der Waals surface area contributed by atoms with Crippen molar-refractivity contribution in [2.75, 3.05) is 26.8 Å². The first-order valence-electron chi connectivity index (χ1n) is 7.53. The number of aryl methyl sites for hydroxylation is 1. The van der Waals surface area contributed by atoms with E-state index in [0.29, 0.717) is 30.4 Å². The third kappa shape index (κ3) is 3.54. The summed E-state index contributed by atoms with van der Waals surface area (Å²) in [6, 6.07) is 5.08. The number of likely N-dealkylation sites (tertiary alicyclic amines) is 1. The minimum atomic E-state index is -0.352. The zero-order chi connectivity index (χ0) is 16.4. The quantitative estimate of drug-likeness (QED) is 0.838. The van der Waals surface area contributed by atoms with Gasteiger partial charge in [-0.2, -0.15) is 4.98 Å². The average Bonchev–Trinajstić information content (AvgIpc) is 3.11. The Morgan fingerprint density at radius 3 is 2.96 bits per heavy atom. The maximum atomic E-state index is 14.1. The van der Waals surface area contributed by atoms with E-state index in [1.54, 1.807) is 32.2 Å². The van der Waals surface area contributed by atoms with E-state index in [-0.39, 0.29) is 22.7 Å². The van der Waals surface area contributed by atoms with Crippen LogP contribution in [0.5, 0.6) is 0 Å². The number of aromatic nitrogens is 2. The van der Waals surface area contributed by atoms with Crippen molar-refractivity contribution in [2.24, 2.45) is 5.92 Å². The zero-order valence-electron chi connectivity index (χ0n) is 13.1. The van der Waals surface area contributed by atoms with E-state index in [1.165, 1.54) is 0 Å².